The third kappa shape index (κ3) is 4.00. The molecule has 0 radical (unpaired) electrons. The van der Waals surface area contributed by atoms with Crippen molar-refractivity contribution in [1.82, 2.24) is 5.32 Å². The number of aliphatic hydroxyl groups excluding tert-OH is 1. The summed E-state index contributed by atoms with van der Waals surface area (Å²) in [5, 5.41) is 13.0. The highest BCUT2D eigenvalue weighted by Crippen LogP contribution is 2.22. The standard InChI is InChI=1S/C15H16ClNO4/c1-20-13-5-4-10(16)9-11(13)15(19)17-7-6-12(18)14-3-2-8-21-14/h2-5,8-9,12,18H,6-7H2,1H3,(H,17,19)/t12-/m0/s1. The van der Waals surface area contributed by atoms with Gasteiger partial charge in [-0.05, 0) is 36.8 Å². The third-order valence-corrected chi connectivity index (χ3v) is 3.22. The molecule has 0 aliphatic heterocycles. The Kier molecular flexibility index (Phi) is 5.25. The second-order valence-corrected chi connectivity index (χ2v) is 4.86. The summed E-state index contributed by atoms with van der Waals surface area (Å²) in [5.74, 6) is 0.620. The molecule has 1 aromatic carbocycles. The van der Waals surface area contributed by atoms with E-state index in [9.17, 15) is 9.90 Å². The molecule has 0 spiro atoms. The average Bonchev–Trinajstić information content (AvgIpc) is 3.01. The highest BCUT2D eigenvalue weighted by molar-refractivity contribution is 6.31. The molecule has 112 valence electrons. The van der Waals surface area contributed by atoms with Crippen molar-refractivity contribution in [3.05, 3.63) is 52.9 Å². The van der Waals surface area contributed by atoms with E-state index in [0.717, 1.165) is 0 Å². The lowest BCUT2D eigenvalue weighted by Crippen LogP contribution is -2.26. The summed E-state index contributed by atoms with van der Waals surface area (Å²) in [5.41, 5.74) is 0.359. The molecule has 1 aromatic heterocycles. The lowest BCUT2D eigenvalue weighted by molar-refractivity contribution is 0.0933. The predicted molar refractivity (Wildman–Crippen MR) is 78.6 cm³/mol. The minimum Gasteiger partial charge on any atom is -0.496 e. The molecule has 0 aliphatic rings. The fraction of sp³-hybridized carbons (Fsp3) is 0.267. The normalized spacial score (nSPS) is 12.0. The second kappa shape index (κ2) is 7.15. The number of amides is 1. The number of benzene rings is 1. The quantitative estimate of drug-likeness (QED) is 0.860. The Morgan fingerprint density at radius 1 is 1.48 bits per heavy atom. The molecule has 0 unspecified atom stereocenters. The first-order chi connectivity index (χ1) is 10.1. The molecule has 6 heteroatoms. The summed E-state index contributed by atoms with van der Waals surface area (Å²) in [6.07, 6.45) is 1.09. The van der Waals surface area contributed by atoms with Gasteiger partial charge < -0.3 is 19.6 Å². The maximum Gasteiger partial charge on any atom is 0.255 e. The molecular weight excluding hydrogens is 294 g/mol. The van der Waals surface area contributed by atoms with Crippen molar-refractivity contribution in [1.29, 1.82) is 0 Å². The summed E-state index contributed by atoms with van der Waals surface area (Å²) >= 11 is 5.88. The van der Waals surface area contributed by atoms with Gasteiger partial charge in [0.1, 0.15) is 17.6 Å². The SMILES string of the molecule is COc1ccc(Cl)cc1C(=O)NCC[C@H](O)c1ccco1. The lowest BCUT2D eigenvalue weighted by Gasteiger charge is -2.11. The molecule has 2 N–H and O–H groups in total. The Balaban J connectivity index is 1.91. The van der Waals surface area contributed by atoms with Crippen molar-refractivity contribution in [3.63, 3.8) is 0 Å². The number of ether oxygens (including phenoxy) is 1. The molecule has 1 heterocycles. The first-order valence-electron chi connectivity index (χ1n) is 6.45. The van der Waals surface area contributed by atoms with Crippen LogP contribution in [0.15, 0.2) is 41.0 Å². The van der Waals surface area contributed by atoms with Crippen LogP contribution in [0.5, 0.6) is 5.75 Å². The first-order valence-corrected chi connectivity index (χ1v) is 6.83. The van der Waals surface area contributed by atoms with E-state index in [2.05, 4.69) is 5.32 Å². The molecule has 0 aliphatic carbocycles. The van der Waals surface area contributed by atoms with Gasteiger partial charge in [-0.15, -0.1) is 0 Å². The molecule has 0 bridgehead atoms. The van der Waals surface area contributed by atoms with Crippen LogP contribution >= 0.6 is 11.6 Å². The number of hydrogen-bond donors (Lipinski definition) is 2. The molecule has 2 rings (SSSR count). The van der Waals surface area contributed by atoms with E-state index in [-0.39, 0.29) is 5.91 Å². The van der Waals surface area contributed by atoms with Crippen molar-refractivity contribution >= 4 is 17.5 Å². The summed E-state index contributed by atoms with van der Waals surface area (Å²) in [6.45, 7) is 0.302. The Bertz CT molecular complexity index is 598. The van der Waals surface area contributed by atoms with Crippen molar-refractivity contribution in [2.45, 2.75) is 12.5 Å². The average molecular weight is 310 g/mol. The zero-order valence-corrected chi connectivity index (χ0v) is 12.3. The maximum atomic E-state index is 12.1. The fourth-order valence-corrected chi connectivity index (χ4v) is 2.07. The zero-order valence-electron chi connectivity index (χ0n) is 11.5. The van der Waals surface area contributed by atoms with Gasteiger partial charge in [-0.3, -0.25) is 4.79 Å². The largest absolute Gasteiger partial charge is 0.496 e. The number of halogens is 1. The van der Waals surface area contributed by atoms with Crippen LogP contribution in [-0.2, 0) is 0 Å². The molecular formula is C15H16ClNO4. The minimum atomic E-state index is -0.749. The zero-order chi connectivity index (χ0) is 15.2. The summed E-state index contributed by atoms with van der Waals surface area (Å²) in [6, 6.07) is 8.21. The number of rotatable bonds is 6. The van der Waals surface area contributed by atoms with E-state index in [1.165, 1.54) is 13.4 Å². The van der Waals surface area contributed by atoms with E-state index in [1.807, 2.05) is 0 Å². The molecule has 2 aromatic rings. The van der Waals surface area contributed by atoms with Gasteiger partial charge in [-0.25, -0.2) is 0 Å². The Morgan fingerprint density at radius 2 is 2.29 bits per heavy atom. The second-order valence-electron chi connectivity index (χ2n) is 4.42. The van der Waals surface area contributed by atoms with Gasteiger partial charge in [0.05, 0.1) is 18.9 Å². The van der Waals surface area contributed by atoms with Crippen LogP contribution in [0.2, 0.25) is 5.02 Å². The Morgan fingerprint density at radius 3 is 2.95 bits per heavy atom. The summed E-state index contributed by atoms with van der Waals surface area (Å²) in [7, 11) is 1.49. The van der Waals surface area contributed by atoms with Crippen LogP contribution in [0, 0.1) is 0 Å². The van der Waals surface area contributed by atoms with E-state index >= 15 is 0 Å². The topological polar surface area (TPSA) is 71.7 Å². The molecule has 0 fully saturated rings. The first kappa shape index (κ1) is 15.4. The number of furan rings is 1. The van der Waals surface area contributed by atoms with Gasteiger partial charge >= 0.3 is 0 Å². The highest BCUT2D eigenvalue weighted by Gasteiger charge is 2.14. The monoisotopic (exact) mass is 309 g/mol. The molecule has 1 atom stereocenters. The van der Waals surface area contributed by atoms with Gasteiger partial charge in [0.15, 0.2) is 0 Å². The number of nitrogens with one attached hydrogen (secondary N) is 1. The summed E-state index contributed by atoms with van der Waals surface area (Å²) < 4.78 is 10.2. The highest BCUT2D eigenvalue weighted by atomic mass is 35.5. The van der Waals surface area contributed by atoms with Crippen molar-refractivity contribution in [3.8, 4) is 5.75 Å². The molecule has 0 saturated carbocycles. The van der Waals surface area contributed by atoms with Gasteiger partial charge in [0.25, 0.3) is 5.91 Å². The van der Waals surface area contributed by atoms with Crippen LogP contribution in [0.3, 0.4) is 0 Å². The van der Waals surface area contributed by atoms with E-state index in [1.54, 1.807) is 30.3 Å². The minimum absolute atomic E-state index is 0.302. The van der Waals surface area contributed by atoms with Gasteiger partial charge in [-0.2, -0.15) is 0 Å². The predicted octanol–water partition coefficient (Wildman–Crippen LogP) is 2.80. The van der Waals surface area contributed by atoms with Crippen molar-refractivity contribution < 1.29 is 19.1 Å². The van der Waals surface area contributed by atoms with E-state index in [4.69, 9.17) is 20.8 Å². The molecule has 0 saturated heterocycles. The van der Waals surface area contributed by atoms with Crippen LogP contribution in [0.1, 0.15) is 28.6 Å². The number of hydrogen-bond acceptors (Lipinski definition) is 4. The van der Waals surface area contributed by atoms with Gasteiger partial charge in [0.2, 0.25) is 0 Å². The summed E-state index contributed by atoms with van der Waals surface area (Å²) in [4.78, 5) is 12.1. The van der Waals surface area contributed by atoms with E-state index in [0.29, 0.717) is 35.1 Å². The van der Waals surface area contributed by atoms with Crippen LogP contribution in [-0.4, -0.2) is 24.7 Å². The van der Waals surface area contributed by atoms with Crippen LogP contribution in [0.4, 0.5) is 0 Å². The van der Waals surface area contributed by atoms with Gasteiger partial charge in [0, 0.05) is 11.6 Å². The molecule has 1 amide bonds. The fourth-order valence-electron chi connectivity index (χ4n) is 1.90. The molecule has 5 nitrogen and oxygen atoms in total. The Hall–Kier alpha value is -1.98. The molecule has 21 heavy (non-hydrogen) atoms. The third-order valence-electron chi connectivity index (χ3n) is 2.98. The number of carbonyl (C=O) groups excluding carboxylic acids is 1. The number of methoxy groups -OCH3 is 1. The Labute approximate surface area is 127 Å². The number of carbonyl (C=O) groups is 1. The van der Waals surface area contributed by atoms with E-state index < -0.39 is 6.10 Å². The number of aliphatic hydroxyl groups is 1. The lowest BCUT2D eigenvalue weighted by atomic mass is 10.1. The van der Waals surface area contributed by atoms with Crippen molar-refractivity contribution in [2.24, 2.45) is 0 Å². The van der Waals surface area contributed by atoms with Crippen LogP contribution < -0.4 is 10.1 Å². The van der Waals surface area contributed by atoms with Crippen LogP contribution in [0.25, 0.3) is 0 Å². The van der Waals surface area contributed by atoms with Gasteiger partial charge in [-0.1, -0.05) is 11.6 Å². The maximum absolute atomic E-state index is 12.1. The smallest absolute Gasteiger partial charge is 0.255 e. The van der Waals surface area contributed by atoms with Crippen molar-refractivity contribution in [2.75, 3.05) is 13.7 Å².